The lowest BCUT2D eigenvalue weighted by atomic mass is 10.2. The molecule has 0 saturated heterocycles. The molecule has 108 valence electrons. The van der Waals surface area contributed by atoms with E-state index in [-0.39, 0.29) is 0 Å². The van der Waals surface area contributed by atoms with Crippen molar-refractivity contribution in [1.29, 1.82) is 0 Å². The third kappa shape index (κ3) is 3.65. The van der Waals surface area contributed by atoms with Crippen LogP contribution < -0.4 is 4.90 Å². The summed E-state index contributed by atoms with van der Waals surface area (Å²) in [5.74, 6) is 0. The van der Waals surface area contributed by atoms with Crippen molar-refractivity contribution in [2.24, 2.45) is 0 Å². The van der Waals surface area contributed by atoms with Crippen molar-refractivity contribution in [3.63, 3.8) is 0 Å². The highest BCUT2D eigenvalue weighted by atomic mass is 79.9. The summed E-state index contributed by atoms with van der Waals surface area (Å²) in [5, 5.41) is 0. The molecule has 6 heteroatoms. The van der Waals surface area contributed by atoms with Gasteiger partial charge < -0.3 is 14.4 Å². The standard InChI is InChI=1S/C14H18BrN3O2/c1-19-7-5-18(6-8-20-2)13-3-4-16-12-9-11(15)10-17-14(12)13/h3-4,9-10H,5-8H2,1-2H3. The maximum atomic E-state index is 5.18. The van der Waals surface area contributed by atoms with Gasteiger partial charge in [-0.1, -0.05) is 0 Å². The Morgan fingerprint density at radius 2 is 1.85 bits per heavy atom. The summed E-state index contributed by atoms with van der Waals surface area (Å²) in [6.45, 7) is 2.89. The molecule has 0 radical (unpaired) electrons. The molecule has 0 saturated carbocycles. The average molecular weight is 340 g/mol. The molecule has 0 aliphatic carbocycles. The van der Waals surface area contributed by atoms with Gasteiger partial charge in [0.15, 0.2) is 0 Å². The highest BCUT2D eigenvalue weighted by Gasteiger charge is 2.11. The summed E-state index contributed by atoms with van der Waals surface area (Å²) >= 11 is 3.42. The van der Waals surface area contributed by atoms with Crippen molar-refractivity contribution in [3.8, 4) is 0 Å². The molecule has 2 aromatic heterocycles. The maximum absolute atomic E-state index is 5.18. The zero-order valence-electron chi connectivity index (χ0n) is 11.7. The van der Waals surface area contributed by atoms with Crippen LogP contribution in [0.25, 0.3) is 11.0 Å². The molecule has 2 rings (SSSR count). The summed E-state index contributed by atoms with van der Waals surface area (Å²) in [4.78, 5) is 11.1. The van der Waals surface area contributed by atoms with Gasteiger partial charge in [0.05, 0.1) is 24.4 Å². The first kappa shape index (κ1) is 15.2. The molecule has 0 aromatic carbocycles. The van der Waals surface area contributed by atoms with Crippen LogP contribution in [-0.2, 0) is 9.47 Å². The SMILES string of the molecule is COCCN(CCOC)c1ccnc2cc(Br)cnc12. The van der Waals surface area contributed by atoms with Gasteiger partial charge in [0.25, 0.3) is 0 Å². The van der Waals surface area contributed by atoms with Crippen molar-refractivity contribution >= 4 is 32.7 Å². The van der Waals surface area contributed by atoms with E-state index in [1.165, 1.54) is 0 Å². The van der Waals surface area contributed by atoms with E-state index in [0.717, 1.165) is 34.3 Å². The van der Waals surface area contributed by atoms with Crippen molar-refractivity contribution in [2.45, 2.75) is 0 Å². The monoisotopic (exact) mass is 339 g/mol. The number of pyridine rings is 2. The van der Waals surface area contributed by atoms with Gasteiger partial charge in [0, 0.05) is 44.2 Å². The third-order valence-corrected chi connectivity index (χ3v) is 3.43. The lowest BCUT2D eigenvalue weighted by Gasteiger charge is -2.24. The predicted octanol–water partition coefficient (Wildman–Crippen LogP) is 2.49. The van der Waals surface area contributed by atoms with Crippen LogP contribution in [0.1, 0.15) is 0 Å². The third-order valence-electron chi connectivity index (χ3n) is 2.99. The second-order valence-electron chi connectivity index (χ2n) is 4.32. The van der Waals surface area contributed by atoms with Crippen molar-refractivity contribution in [3.05, 3.63) is 29.0 Å². The van der Waals surface area contributed by atoms with Crippen LogP contribution in [0.3, 0.4) is 0 Å². The Morgan fingerprint density at radius 3 is 2.50 bits per heavy atom. The van der Waals surface area contributed by atoms with Gasteiger partial charge in [-0.25, -0.2) is 0 Å². The van der Waals surface area contributed by atoms with Crippen LogP contribution in [-0.4, -0.2) is 50.5 Å². The summed E-state index contributed by atoms with van der Waals surface area (Å²) in [6.07, 6.45) is 3.59. The second kappa shape index (κ2) is 7.52. The van der Waals surface area contributed by atoms with Gasteiger partial charge in [0.2, 0.25) is 0 Å². The number of hydrogen-bond acceptors (Lipinski definition) is 5. The number of halogens is 1. The lowest BCUT2D eigenvalue weighted by Crippen LogP contribution is -2.31. The predicted molar refractivity (Wildman–Crippen MR) is 83.2 cm³/mol. The summed E-state index contributed by atoms with van der Waals surface area (Å²) in [7, 11) is 3.41. The van der Waals surface area contributed by atoms with Gasteiger partial charge >= 0.3 is 0 Å². The van der Waals surface area contributed by atoms with Gasteiger partial charge in [-0.2, -0.15) is 0 Å². The fraction of sp³-hybridized carbons (Fsp3) is 0.429. The van der Waals surface area contributed by atoms with Crippen LogP contribution in [0, 0.1) is 0 Å². The zero-order chi connectivity index (χ0) is 14.4. The van der Waals surface area contributed by atoms with Crippen molar-refractivity contribution in [1.82, 2.24) is 9.97 Å². The van der Waals surface area contributed by atoms with E-state index in [2.05, 4.69) is 30.8 Å². The van der Waals surface area contributed by atoms with Gasteiger partial charge in [-0.15, -0.1) is 0 Å². The Morgan fingerprint density at radius 1 is 1.15 bits per heavy atom. The van der Waals surface area contributed by atoms with Crippen LogP contribution in [0.4, 0.5) is 5.69 Å². The first-order chi connectivity index (χ1) is 9.76. The molecule has 0 amide bonds. The molecule has 0 aliphatic heterocycles. The normalized spacial score (nSPS) is 10.9. The molecule has 2 aromatic rings. The summed E-state index contributed by atoms with van der Waals surface area (Å²) < 4.78 is 11.3. The Bertz CT molecular complexity index is 557. The minimum atomic E-state index is 0.657. The summed E-state index contributed by atoms with van der Waals surface area (Å²) in [6, 6.07) is 3.95. The van der Waals surface area contributed by atoms with E-state index in [4.69, 9.17) is 9.47 Å². The fourth-order valence-corrected chi connectivity index (χ4v) is 2.32. The maximum Gasteiger partial charge on any atom is 0.112 e. The fourth-order valence-electron chi connectivity index (χ4n) is 2.00. The number of anilines is 1. The quantitative estimate of drug-likeness (QED) is 0.775. The Labute approximate surface area is 127 Å². The Hall–Kier alpha value is -1.24. The highest BCUT2D eigenvalue weighted by molar-refractivity contribution is 9.10. The molecule has 0 aliphatic rings. The van der Waals surface area contributed by atoms with Crippen molar-refractivity contribution < 1.29 is 9.47 Å². The van der Waals surface area contributed by atoms with Crippen LogP contribution in [0.15, 0.2) is 29.0 Å². The number of aromatic nitrogens is 2. The highest BCUT2D eigenvalue weighted by Crippen LogP contribution is 2.25. The second-order valence-corrected chi connectivity index (χ2v) is 5.24. The minimum Gasteiger partial charge on any atom is -0.383 e. The minimum absolute atomic E-state index is 0.657. The molecule has 20 heavy (non-hydrogen) atoms. The van der Waals surface area contributed by atoms with E-state index < -0.39 is 0 Å². The number of rotatable bonds is 7. The van der Waals surface area contributed by atoms with E-state index in [0.29, 0.717) is 13.2 Å². The molecular formula is C14H18BrN3O2. The van der Waals surface area contributed by atoms with Crippen LogP contribution in [0.5, 0.6) is 0 Å². The molecule has 0 N–H and O–H groups in total. The Kier molecular flexibility index (Phi) is 5.70. The summed E-state index contributed by atoms with van der Waals surface area (Å²) in [5.41, 5.74) is 2.82. The molecular weight excluding hydrogens is 322 g/mol. The number of fused-ring (bicyclic) bond motifs is 1. The molecule has 2 heterocycles. The molecule has 5 nitrogen and oxygen atoms in total. The Balaban J connectivity index is 2.35. The van der Waals surface area contributed by atoms with E-state index >= 15 is 0 Å². The zero-order valence-corrected chi connectivity index (χ0v) is 13.3. The molecule has 0 fully saturated rings. The number of ether oxygens (including phenoxy) is 2. The molecule has 0 bridgehead atoms. The van der Waals surface area contributed by atoms with Crippen LogP contribution in [0.2, 0.25) is 0 Å². The van der Waals surface area contributed by atoms with E-state index in [1.54, 1.807) is 26.6 Å². The molecule has 0 unspecified atom stereocenters. The average Bonchev–Trinajstić information content (AvgIpc) is 2.47. The van der Waals surface area contributed by atoms with E-state index in [1.807, 2.05) is 12.1 Å². The van der Waals surface area contributed by atoms with Crippen molar-refractivity contribution in [2.75, 3.05) is 45.4 Å². The lowest BCUT2D eigenvalue weighted by molar-refractivity contribution is 0.190. The first-order valence-corrected chi connectivity index (χ1v) is 7.18. The topological polar surface area (TPSA) is 47.5 Å². The van der Waals surface area contributed by atoms with E-state index in [9.17, 15) is 0 Å². The number of methoxy groups -OCH3 is 2. The number of nitrogens with zero attached hydrogens (tertiary/aromatic N) is 3. The van der Waals surface area contributed by atoms with Gasteiger partial charge in [-0.05, 0) is 28.1 Å². The molecule has 0 spiro atoms. The smallest absolute Gasteiger partial charge is 0.112 e. The first-order valence-electron chi connectivity index (χ1n) is 6.39. The number of hydrogen-bond donors (Lipinski definition) is 0. The molecule has 0 atom stereocenters. The van der Waals surface area contributed by atoms with Gasteiger partial charge in [-0.3, -0.25) is 9.97 Å². The van der Waals surface area contributed by atoms with Crippen LogP contribution >= 0.6 is 15.9 Å². The van der Waals surface area contributed by atoms with Gasteiger partial charge in [0.1, 0.15) is 5.52 Å². The largest absolute Gasteiger partial charge is 0.383 e.